The molecule has 0 bridgehead atoms. The van der Waals surface area contributed by atoms with E-state index in [1.807, 2.05) is 20.1 Å². The van der Waals surface area contributed by atoms with Crippen LogP contribution in [-0.2, 0) is 0 Å². The van der Waals surface area contributed by atoms with Gasteiger partial charge < -0.3 is 5.32 Å². The van der Waals surface area contributed by atoms with Gasteiger partial charge in [0.1, 0.15) is 17.4 Å². The predicted molar refractivity (Wildman–Crippen MR) is 84.2 cm³/mol. The highest BCUT2D eigenvalue weighted by Crippen LogP contribution is 2.34. The van der Waals surface area contributed by atoms with Crippen molar-refractivity contribution in [1.82, 2.24) is 19.7 Å². The van der Waals surface area contributed by atoms with Crippen LogP contribution in [0.3, 0.4) is 0 Å². The van der Waals surface area contributed by atoms with E-state index in [9.17, 15) is 13.2 Å². The van der Waals surface area contributed by atoms with Gasteiger partial charge in [-0.3, -0.25) is 0 Å². The van der Waals surface area contributed by atoms with Crippen LogP contribution >= 0.6 is 11.8 Å². The van der Waals surface area contributed by atoms with Crippen molar-refractivity contribution in [3.63, 3.8) is 0 Å². The molecule has 2 heterocycles. The maximum Gasteiger partial charge on any atom is 0.405 e. The molecule has 2 rings (SSSR count). The van der Waals surface area contributed by atoms with E-state index < -0.39 is 12.7 Å². The van der Waals surface area contributed by atoms with E-state index in [1.54, 1.807) is 18.5 Å². The van der Waals surface area contributed by atoms with Crippen LogP contribution in [0.1, 0.15) is 31.7 Å². The number of nitrogens with one attached hydrogen (secondary N) is 1. The van der Waals surface area contributed by atoms with Gasteiger partial charge in [-0.25, -0.2) is 9.67 Å². The summed E-state index contributed by atoms with van der Waals surface area (Å²) in [7, 11) is 0. The first-order valence-electron chi connectivity index (χ1n) is 7.12. The highest BCUT2D eigenvalue weighted by atomic mass is 32.2. The van der Waals surface area contributed by atoms with Crippen LogP contribution in [0.5, 0.6) is 0 Å². The lowest BCUT2D eigenvalue weighted by atomic mass is 10.0. The Hall–Kier alpha value is -1.77. The van der Waals surface area contributed by atoms with E-state index in [0.717, 1.165) is 6.42 Å². The zero-order valence-electron chi connectivity index (χ0n) is 13.1. The molecular formula is C14H18F3N5S. The van der Waals surface area contributed by atoms with Crippen LogP contribution in [0.25, 0.3) is 5.95 Å². The second-order valence-electron chi connectivity index (χ2n) is 5.02. The van der Waals surface area contributed by atoms with Crippen molar-refractivity contribution in [1.29, 1.82) is 0 Å². The molecule has 0 amide bonds. The van der Waals surface area contributed by atoms with Crippen molar-refractivity contribution in [3.8, 4) is 5.95 Å². The fourth-order valence-electron chi connectivity index (χ4n) is 2.05. The Labute approximate surface area is 136 Å². The van der Waals surface area contributed by atoms with Crippen molar-refractivity contribution in [2.24, 2.45) is 0 Å². The van der Waals surface area contributed by atoms with Crippen LogP contribution in [0.4, 0.5) is 19.0 Å². The molecule has 0 radical (unpaired) electrons. The molecule has 9 heteroatoms. The Balaban J connectivity index is 2.50. The van der Waals surface area contributed by atoms with Gasteiger partial charge in [0.05, 0.1) is 0 Å². The van der Waals surface area contributed by atoms with E-state index in [4.69, 9.17) is 0 Å². The van der Waals surface area contributed by atoms with E-state index in [1.165, 1.54) is 16.4 Å². The van der Waals surface area contributed by atoms with Gasteiger partial charge in [-0.05, 0) is 24.7 Å². The molecule has 0 aliphatic carbocycles. The summed E-state index contributed by atoms with van der Waals surface area (Å²) in [5.41, 5.74) is 0.708. The van der Waals surface area contributed by atoms with Gasteiger partial charge in [-0.1, -0.05) is 13.8 Å². The molecule has 0 aromatic carbocycles. The first kappa shape index (κ1) is 17.6. The summed E-state index contributed by atoms with van der Waals surface area (Å²) in [5.74, 6) is 0.498. The summed E-state index contributed by atoms with van der Waals surface area (Å²) in [6.07, 6.45) is 1.51. The number of hydrogen-bond donors (Lipinski definition) is 1. The predicted octanol–water partition coefficient (Wildman–Crippen LogP) is 3.87. The molecule has 2 aromatic rings. The lowest BCUT2D eigenvalue weighted by molar-refractivity contribution is -0.115. The van der Waals surface area contributed by atoms with Crippen LogP contribution in [0.2, 0.25) is 0 Å². The van der Waals surface area contributed by atoms with Crippen molar-refractivity contribution < 1.29 is 13.2 Å². The molecule has 23 heavy (non-hydrogen) atoms. The van der Waals surface area contributed by atoms with Crippen LogP contribution in [-0.4, -0.2) is 38.7 Å². The summed E-state index contributed by atoms with van der Waals surface area (Å²) in [6, 6.07) is 1.70. The third kappa shape index (κ3) is 4.37. The molecule has 0 aliphatic heterocycles. The fourth-order valence-corrected chi connectivity index (χ4v) is 2.74. The lowest BCUT2D eigenvalue weighted by Crippen LogP contribution is -2.23. The van der Waals surface area contributed by atoms with E-state index in [0.29, 0.717) is 10.6 Å². The minimum Gasteiger partial charge on any atom is -0.361 e. The van der Waals surface area contributed by atoms with Crippen molar-refractivity contribution >= 4 is 17.6 Å². The topological polar surface area (TPSA) is 55.6 Å². The maximum atomic E-state index is 12.6. The molecule has 126 valence electrons. The number of rotatable bonds is 6. The summed E-state index contributed by atoms with van der Waals surface area (Å²) in [6.45, 7) is 2.79. The fraction of sp³-hybridized carbons (Fsp3) is 0.500. The van der Waals surface area contributed by atoms with Gasteiger partial charge in [0.15, 0.2) is 0 Å². The molecular weight excluding hydrogens is 327 g/mol. The van der Waals surface area contributed by atoms with Gasteiger partial charge in [0.2, 0.25) is 0 Å². The molecule has 0 saturated heterocycles. The van der Waals surface area contributed by atoms with Crippen molar-refractivity contribution in [3.05, 3.63) is 24.0 Å². The molecule has 5 nitrogen and oxygen atoms in total. The molecule has 1 atom stereocenters. The van der Waals surface area contributed by atoms with E-state index in [2.05, 4.69) is 20.4 Å². The number of hydrogen-bond acceptors (Lipinski definition) is 5. The van der Waals surface area contributed by atoms with Crippen LogP contribution in [0, 0.1) is 0 Å². The summed E-state index contributed by atoms with van der Waals surface area (Å²) in [5, 5.41) is 7.11. The average Bonchev–Trinajstić information content (AvgIpc) is 3.04. The number of thioether (sulfide) groups is 1. The molecule has 1 unspecified atom stereocenters. The first-order chi connectivity index (χ1) is 10.9. The molecule has 0 saturated carbocycles. The molecule has 1 N–H and O–H groups in total. The number of aromatic nitrogens is 4. The minimum absolute atomic E-state index is 0.0415. The number of halogens is 3. The Kier molecular flexibility index (Phi) is 5.51. The average molecular weight is 345 g/mol. The van der Waals surface area contributed by atoms with Crippen LogP contribution < -0.4 is 5.32 Å². The normalized spacial score (nSPS) is 13.1. The number of anilines is 1. The first-order valence-corrected chi connectivity index (χ1v) is 8.34. The Morgan fingerprint density at radius 1 is 1.35 bits per heavy atom. The highest BCUT2D eigenvalue weighted by molar-refractivity contribution is 7.98. The number of alkyl halides is 3. The zero-order valence-corrected chi connectivity index (χ0v) is 13.9. The third-order valence-electron chi connectivity index (χ3n) is 3.36. The molecule has 0 aliphatic rings. The lowest BCUT2D eigenvalue weighted by Gasteiger charge is -2.19. The Morgan fingerprint density at radius 2 is 2.09 bits per heavy atom. The van der Waals surface area contributed by atoms with Crippen molar-refractivity contribution in [2.45, 2.75) is 37.4 Å². The molecule has 2 aromatic heterocycles. The van der Waals surface area contributed by atoms with E-state index >= 15 is 0 Å². The van der Waals surface area contributed by atoms with Crippen molar-refractivity contribution in [2.75, 3.05) is 18.1 Å². The van der Waals surface area contributed by atoms with Gasteiger partial charge in [0.25, 0.3) is 5.95 Å². The minimum atomic E-state index is -4.32. The Morgan fingerprint density at radius 3 is 2.61 bits per heavy atom. The molecule has 0 spiro atoms. The Bertz CT molecular complexity index is 643. The van der Waals surface area contributed by atoms with Gasteiger partial charge in [-0.15, -0.1) is 11.8 Å². The SMILES string of the molecule is CCC(C)c1c(NCC(F)(F)F)nc(-n2cccn2)nc1SC. The monoisotopic (exact) mass is 345 g/mol. The van der Waals surface area contributed by atoms with Gasteiger partial charge in [-0.2, -0.15) is 23.3 Å². The standard InChI is InChI=1S/C14H18F3N5S/c1-4-9(2)10-11(18-8-14(15,16)17)20-13(21-12(10)23-3)22-7-5-6-19-22/h5-7,9H,4,8H2,1-3H3,(H,18,20,21). The maximum absolute atomic E-state index is 12.6. The number of nitrogens with zero attached hydrogens (tertiary/aromatic N) is 4. The summed E-state index contributed by atoms with van der Waals surface area (Å²) in [4.78, 5) is 8.70. The van der Waals surface area contributed by atoms with Gasteiger partial charge >= 0.3 is 6.18 Å². The second-order valence-corrected chi connectivity index (χ2v) is 5.82. The van der Waals surface area contributed by atoms with Crippen LogP contribution in [0.15, 0.2) is 23.5 Å². The highest BCUT2D eigenvalue weighted by Gasteiger charge is 2.28. The molecule has 0 fully saturated rings. The third-order valence-corrected chi connectivity index (χ3v) is 4.06. The zero-order chi connectivity index (χ0) is 17.0. The van der Waals surface area contributed by atoms with E-state index in [-0.39, 0.29) is 17.7 Å². The second kappa shape index (κ2) is 7.20. The largest absolute Gasteiger partial charge is 0.405 e. The van der Waals surface area contributed by atoms with Gasteiger partial charge in [0, 0.05) is 18.0 Å². The summed E-state index contributed by atoms with van der Waals surface area (Å²) >= 11 is 1.38. The smallest absolute Gasteiger partial charge is 0.361 e. The summed E-state index contributed by atoms with van der Waals surface area (Å²) < 4.78 is 39.2. The quantitative estimate of drug-likeness (QED) is 0.636.